The molecule has 244 valence electrons. The monoisotopic (exact) mass is 613 g/mol. The van der Waals surface area contributed by atoms with Crippen molar-refractivity contribution in [2.75, 3.05) is 19.8 Å². The molecule has 0 bridgehead atoms. The average molecular weight is 614 g/mol. The van der Waals surface area contributed by atoms with E-state index >= 15 is 0 Å². The number of nitrogens with one attached hydrogen (secondary N) is 1. The van der Waals surface area contributed by atoms with Gasteiger partial charge in [-0.15, -0.1) is 0 Å². The molecular weight excluding hydrogens is 570 g/mol. The van der Waals surface area contributed by atoms with Gasteiger partial charge in [0, 0.05) is 5.92 Å². The number of carbonyl (C=O) groups is 1. The van der Waals surface area contributed by atoms with E-state index in [4.69, 9.17) is 23.7 Å². The minimum absolute atomic E-state index is 0.276. The summed E-state index contributed by atoms with van der Waals surface area (Å²) in [6, 6.07) is 0. The summed E-state index contributed by atoms with van der Waals surface area (Å²) < 4.78 is 27.6. The van der Waals surface area contributed by atoms with Gasteiger partial charge in [0.1, 0.15) is 73.2 Å². The van der Waals surface area contributed by atoms with Gasteiger partial charge in [0.2, 0.25) is 5.91 Å². The van der Waals surface area contributed by atoms with Crippen LogP contribution >= 0.6 is 0 Å². The third-order valence-electron chi connectivity index (χ3n) is 8.38. The zero-order chi connectivity index (χ0) is 30.7. The van der Waals surface area contributed by atoms with Crippen LogP contribution in [0.1, 0.15) is 32.1 Å². The number of aliphatic hydroxyl groups excluding tert-OH is 10. The Kier molecular flexibility index (Phi) is 11.9. The third kappa shape index (κ3) is 7.06. The van der Waals surface area contributed by atoms with E-state index in [0.29, 0.717) is 12.8 Å². The Balaban J connectivity index is 1.45. The molecule has 1 amide bonds. The second-order valence-corrected chi connectivity index (χ2v) is 11.2. The van der Waals surface area contributed by atoms with Gasteiger partial charge in [-0.3, -0.25) is 4.79 Å². The predicted octanol–water partition coefficient (Wildman–Crippen LogP) is -5.87. The lowest BCUT2D eigenvalue weighted by molar-refractivity contribution is -0.374. The van der Waals surface area contributed by atoms with Gasteiger partial charge in [0.15, 0.2) is 18.8 Å². The second kappa shape index (κ2) is 14.8. The summed E-state index contributed by atoms with van der Waals surface area (Å²) in [5.74, 6) is -0.637. The van der Waals surface area contributed by atoms with E-state index in [9.17, 15) is 55.9 Å². The molecule has 3 aliphatic heterocycles. The van der Waals surface area contributed by atoms with Crippen LogP contribution in [0.3, 0.4) is 0 Å². The quantitative estimate of drug-likeness (QED) is 0.115. The third-order valence-corrected chi connectivity index (χ3v) is 8.38. The second-order valence-electron chi connectivity index (χ2n) is 11.2. The van der Waals surface area contributed by atoms with Crippen LogP contribution in [0, 0.1) is 5.92 Å². The molecule has 1 aliphatic carbocycles. The first-order chi connectivity index (χ1) is 20.0. The van der Waals surface area contributed by atoms with Crippen molar-refractivity contribution in [3.63, 3.8) is 0 Å². The molecule has 42 heavy (non-hydrogen) atoms. The molecule has 0 aromatic carbocycles. The lowest BCUT2D eigenvalue weighted by Crippen LogP contribution is -2.68. The Hall–Kier alpha value is -1.13. The molecule has 3 heterocycles. The molecule has 17 nitrogen and oxygen atoms in total. The van der Waals surface area contributed by atoms with Crippen LogP contribution in [-0.4, -0.2) is 169 Å². The van der Waals surface area contributed by atoms with Gasteiger partial charge >= 0.3 is 0 Å². The Morgan fingerprint density at radius 2 is 1.14 bits per heavy atom. The molecule has 1 saturated carbocycles. The summed E-state index contributed by atoms with van der Waals surface area (Å²) in [6.07, 6.45) is -20.7. The highest BCUT2D eigenvalue weighted by molar-refractivity contribution is 5.78. The predicted molar refractivity (Wildman–Crippen MR) is 134 cm³/mol. The number of hydrogen-bond acceptors (Lipinski definition) is 16. The Labute approximate surface area is 241 Å². The topological polar surface area (TPSA) is 278 Å². The first kappa shape index (κ1) is 33.8. The lowest BCUT2D eigenvalue weighted by atomic mass is 9.88. The van der Waals surface area contributed by atoms with Gasteiger partial charge in [-0.05, 0) is 12.8 Å². The van der Waals surface area contributed by atoms with Crippen molar-refractivity contribution < 1.29 is 79.5 Å². The number of ether oxygens (including phenoxy) is 5. The summed E-state index contributed by atoms with van der Waals surface area (Å²) >= 11 is 0. The normalized spacial score (nSPS) is 47.2. The largest absolute Gasteiger partial charge is 0.394 e. The molecule has 0 aromatic rings. The Morgan fingerprint density at radius 1 is 0.595 bits per heavy atom. The Bertz CT molecular complexity index is 860. The van der Waals surface area contributed by atoms with E-state index < -0.39 is 112 Å². The first-order valence-corrected chi connectivity index (χ1v) is 14.2. The molecule has 11 N–H and O–H groups in total. The molecule has 17 heteroatoms. The maximum atomic E-state index is 12.7. The SMILES string of the molecule is O=C(N[C@@H]1O[C@H](CO)[C@@H](O[C@@H]2O[C@H](CO)[C@H](O)[C@H](O[C@H]3O[C@H](CO)[C@H](O)[C@H](O)[C@H]3O)[C@H]2O)[C@H](O)[C@H]1O)C1CCCCC1. The van der Waals surface area contributed by atoms with Crippen LogP contribution in [0.4, 0.5) is 0 Å². The maximum Gasteiger partial charge on any atom is 0.225 e. The van der Waals surface area contributed by atoms with Crippen LogP contribution in [0.15, 0.2) is 0 Å². The number of hydrogen-bond donors (Lipinski definition) is 11. The number of amides is 1. The fourth-order valence-electron chi connectivity index (χ4n) is 5.81. The first-order valence-electron chi connectivity index (χ1n) is 14.2. The van der Waals surface area contributed by atoms with Crippen molar-refractivity contribution in [3.8, 4) is 0 Å². The smallest absolute Gasteiger partial charge is 0.225 e. The van der Waals surface area contributed by atoms with Crippen molar-refractivity contribution in [3.05, 3.63) is 0 Å². The van der Waals surface area contributed by atoms with Crippen molar-refractivity contribution in [1.29, 1.82) is 0 Å². The van der Waals surface area contributed by atoms with Crippen molar-refractivity contribution in [2.24, 2.45) is 5.92 Å². The van der Waals surface area contributed by atoms with Crippen LogP contribution in [-0.2, 0) is 28.5 Å². The fraction of sp³-hybridized carbons (Fsp3) is 0.960. The molecular formula is C25H43NO16. The molecule has 4 rings (SSSR count). The minimum atomic E-state index is -1.91. The van der Waals surface area contributed by atoms with Crippen molar-refractivity contribution >= 4 is 5.91 Å². The molecule has 4 fully saturated rings. The molecule has 0 spiro atoms. The minimum Gasteiger partial charge on any atom is -0.394 e. The van der Waals surface area contributed by atoms with Gasteiger partial charge in [0.25, 0.3) is 0 Å². The highest BCUT2D eigenvalue weighted by atomic mass is 16.7. The molecule has 15 atom stereocenters. The number of rotatable bonds is 9. The summed E-state index contributed by atoms with van der Waals surface area (Å²) in [7, 11) is 0. The van der Waals surface area contributed by atoms with E-state index in [1.807, 2.05) is 0 Å². The van der Waals surface area contributed by atoms with Gasteiger partial charge in [0.05, 0.1) is 19.8 Å². The molecule has 0 aromatic heterocycles. The zero-order valence-electron chi connectivity index (χ0n) is 22.8. The molecule has 4 aliphatic rings. The van der Waals surface area contributed by atoms with E-state index in [0.717, 1.165) is 19.3 Å². The summed E-state index contributed by atoms with van der Waals surface area (Å²) in [6.45, 7) is -2.32. The van der Waals surface area contributed by atoms with E-state index in [1.54, 1.807) is 0 Å². The van der Waals surface area contributed by atoms with E-state index in [-0.39, 0.29) is 11.8 Å². The standard InChI is InChI=1S/C25H43NO16/c27-6-10-13(30)15(32)18(35)24(39-10)42-21-14(31)11(7-28)40-25(19(21)36)41-20-12(8-29)38-23(17(34)16(20)33)26-22(37)9-4-2-1-3-5-9/h9-21,23-25,27-36H,1-8H2,(H,26,37)/t10-,11-,12-,13+,14+,15+,16-,17-,18-,19-,20-,21+,23-,24-,25+/m1/s1. The van der Waals surface area contributed by atoms with Gasteiger partial charge in [-0.1, -0.05) is 19.3 Å². The van der Waals surface area contributed by atoms with Crippen molar-refractivity contribution in [2.45, 2.75) is 124 Å². The summed E-state index contributed by atoms with van der Waals surface area (Å²) in [5.41, 5.74) is 0. The van der Waals surface area contributed by atoms with E-state index in [1.165, 1.54) is 0 Å². The zero-order valence-corrected chi connectivity index (χ0v) is 22.8. The molecule has 0 unspecified atom stereocenters. The van der Waals surface area contributed by atoms with Crippen LogP contribution in [0.5, 0.6) is 0 Å². The van der Waals surface area contributed by atoms with Gasteiger partial charge in [-0.25, -0.2) is 0 Å². The Morgan fingerprint density at radius 3 is 1.74 bits per heavy atom. The summed E-state index contributed by atoms with van der Waals surface area (Å²) in [5, 5.41) is 105. The maximum absolute atomic E-state index is 12.7. The summed E-state index contributed by atoms with van der Waals surface area (Å²) in [4.78, 5) is 12.7. The number of carbonyl (C=O) groups excluding carboxylic acids is 1. The molecule has 3 saturated heterocycles. The van der Waals surface area contributed by atoms with Gasteiger partial charge < -0.3 is 80.1 Å². The number of aliphatic hydroxyl groups is 10. The van der Waals surface area contributed by atoms with Crippen LogP contribution < -0.4 is 5.32 Å². The van der Waals surface area contributed by atoms with Crippen LogP contribution in [0.25, 0.3) is 0 Å². The lowest BCUT2D eigenvalue weighted by Gasteiger charge is -2.48. The molecule has 0 radical (unpaired) electrons. The van der Waals surface area contributed by atoms with Crippen LogP contribution in [0.2, 0.25) is 0 Å². The fourth-order valence-corrected chi connectivity index (χ4v) is 5.81. The highest BCUT2D eigenvalue weighted by Crippen LogP contribution is 2.32. The van der Waals surface area contributed by atoms with E-state index in [2.05, 4.69) is 5.32 Å². The highest BCUT2D eigenvalue weighted by Gasteiger charge is 2.53. The van der Waals surface area contributed by atoms with Gasteiger partial charge in [-0.2, -0.15) is 0 Å². The van der Waals surface area contributed by atoms with Crippen molar-refractivity contribution in [1.82, 2.24) is 5.32 Å². The average Bonchev–Trinajstić information content (AvgIpc) is 3.00.